The quantitative estimate of drug-likeness (QED) is 0.769. The molecule has 1 amide bonds. The van der Waals surface area contributed by atoms with Gasteiger partial charge < -0.3 is 19.9 Å². The largest absolute Gasteiger partial charge is 0.493 e. The van der Waals surface area contributed by atoms with E-state index < -0.39 is 17.9 Å². The van der Waals surface area contributed by atoms with Crippen LogP contribution in [0.5, 0.6) is 11.5 Å². The maximum atomic E-state index is 12.6. The number of rotatable bonds is 7. The van der Waals surface area contributed by atoms with Crippen molar-refractivity contribution in [2.45, 2.75) is 19.4 Å². The molecule has 0 aliphatic heterocycles. The minimum Gasteiger partial charge on any atom is -0.493 e. The van der Waals surface area contributed by atoms with E-state index in [1.54, 1.807) is 43.3 Å². The van der Waals surface area contributed by atoms with Crippen LogP contribution in [-0.2, 0) is 4.79 Å². The number of methoxy groups -OCH3 is 2. The molecule has 1 atom stereocenters. The average Bonchev–Trinajstić information content (AvgIpc) is 2.62. The number of hydrogen-bond acceptors (Lipinski definition) is 4. The summed E-state index contributed by atoms with van der Waals surface area (Å²) in [6.07, 6.45) is -0.277. The number of amides is 1. The first kappa shape index (κ1) is 19.6. The Labute approximate surface area is 156 Å². The highest BCUT2D eigenvalue weighted by Gasteiger charge is 2.21. The maximum Gasteiger partial charge on any atom is 0.305 e. The van der Waals surface area contributed by atoms with Crippen molar-refractivity contribution in [2.75, 3.05) is 14.2 Å². The number of ether oxygens (including phenoxy) is 2. The molecule has 0 spiro atoms. The lowest BCUT2D eigenvalue weighted by Gasteiger charge is -2.20. The fourth-order valence-corrected chi connectivity index (χ4v) is 2.76. The lowest BCUT2D eigenvalue weighted by Crippen LogP contribution is -2.30. The number of aliphatic carboxylic acids is 1. The van der Waals surface area contributed by atoms with Gasteiger partial charge in [0.25, 0.3) is 5.91 Å². The van der Waals surface area contributed by atoms with Gasteiger partial charge in [-0.25, -0.2) is 0 Å². The van der Waals surface area contributed by atoms with Crippen LogP contribution in [0.25, 0.3) is 0 Å². The number of carboxylic acid groups (broad SMARTS) is 1. The van der Waals surface area contributed by atoms with Crippen LogP contribution in [0.4, 0.5) is 0 Å². The van der Waals surface area contributed by atoms with Crippen molar-refractivity contribution in [3.63, 3.8) is 0 Å². The Bertz CT molecular complexity index is 822. The van der Waals surface area contributed by atoms with E-state index in [0.717, 1.165) is 0 Å². The molecule has 138 valence electrons. The third-order valence-corrected chi connectivity index (χ3v) is 4.42. The molecule has 7 heteroatoms. The Hall–Kier alpha value is -2.73. The van der Waals surface area contributed by atoms with Crippen molar-refractivity contribution < 1.29 is 24.2 Å². The van der Waals surface area contributed by atoms with Gasteiger partial charge in [-0.2, -0.15) is 0 Å². The molecule has 0 aromatic heterocycles. The monoisotopic (exact) mass is 377 g/mol. The van der Waals surface area contributed by atoms with E-state index in [1.165, 1.54) is 14.2 Å². The summed E-state index contributed by atoms with van der Waals surface area (Å²) in [5.74, 6) is -0.463. The Kier molecular flexibility index (Phi) is 6.46. The molecule has 0 bridgehead atoms. The maximum absolute atomic E-state index is 12.6. The van der Waals surface area contributed by atoms with Gasteiger partial charge in [0.05, 0.1) is 26.7 Å². The summed E-state index contributed by atoms with van der Waals surface area (Å²) in [6, 6.07) is 9.28. The molecule has 0 aliphatic rings. The Balaban J connectivity index is 2.34. The molecule has 1 unspecified atom stereocenters. The molecule has 0 saturated heterocycles. The fraction of sp³-hybridized carbons (Fsp3) is 0.263. The fourth-order valence-electron chi connectivity index (χ4n) is 2.59. The first-order valence-electron chi connectivity index (χ1n) is 7.87. The predicted molar refractivity (Wildman–Crippen MR) is 98.2 cm³/mol. The summed E-state index contributed by atoms with van der Waals surface area (Å²) >= 11 is 6.06. The van der Waals surface area contributed by atoms with Crippen molar-refractivity contribution >= 4 is 23.5 Å². The standard InChI is InChI=1S/C19H20ClNO5/c1-11-13(5-4-6-14(11)20)19(24)21-15(10-18(22)23)12-7-8-16(25-2)17(9-12)26-3/h4-9,15H,10H2,1-3H3,(H,21,24)(H,22,23). The molecule has 2 N–H and O–H groups in total. The normalized spacial score (nSPS) is 11.5. The van der Waals surface area contributed by atoms with Gasteiger partial charge in [0.2, 0.25) is 0 Å². The highest BCUT2D eigenvalue weighted by atomic mass is 35.5. The van der Waals surface area contributed by atoms with Gasteiger partial charge in [-0.1, -0.05) is 23.7 Å². The average molecular weight is 378 g/mol. The minimum absolute atomic E-state index is 0.277. The highest BCUT2D eigenvalue weighted by Crippen LogP contribution is 2.31. The van der Waals surface area contributed by atoms with Crippen LogP contribution in [0, 0.1) is 6.92 Å². The van der Waals surface area contributed by atoms with Crippen LogP contribution in [0.15, 0.2) is 36.4 Å². The van der Waals surface area contributed by atoms with E-state index in [0.29, 0.717) is 33.2 Å². The molecule has 26 heavy (non-hydrogen) atoms. The van der Waals surface area contributed by atoms with Crippen molar-refractivity contribution in [2.24, 2.45) is 0 Å². The van der Waals surface area contributed by atoms with Crippen LogP contribution in [0.3, 0.4) is 0 Å². The molecule has 2 aromatic rings. The van der Waals surface area contributed by atoms with Crippen molar-refractivity contribution in [3.05, 3.63) is 58.1 Å². The second-order valence-corrected chi connectivity index (χ2v) is 6.06. The van der Waals surface area contributed by atoms with Crippen molar-refractivity contribution in [3.8, 4) is 11.5 Å². The molecule has 0 fully saturated rings. The molecule has 2 rings (SSSR count). The van der Waals surface area contributed by atoms with E-state index in [-0.39, 0.29) is 6.42 Å². The summed E-state index contributed by atoms with van der Waals surface area (Å²) in [5, 5.41) is 12.5. The second-order valence-electron chi connectivity index (χ2n) is 5.65. The Morgan fingerprint density at radius 2 is 1.85 bits per heavy atom. The number of hydrogen-bond donors (Lipinski definition) is 2. The first-order valence-corrected chi connectivity index (χ1v) is 8.24. The summed E-state index contributed by atoms with van der Waals surface area (Å²) in [5.41, 5.74) is 1.62. The number of benzene rings is 2. The van der Waals surface area contributed by atoms with Gasteiger partial charge in [0, 0.05) is 10.6 Å². The van der Waals surface area contributed by atoms with Crippen LogP contribution in [0.1, 0.15) is 33.9 Å². The molecular weight excluding hydrogens is 358 g/mol. The molecule has 6 nitrogen and oxygen atoms in total. The van der Waals surface area contributed by atoms with Crippen LogP contribution >= 0.6 is 11.6 Å². The molecule has 2 aromatic carbocycles. The van der Waals surface area contributed by atoms with Crippen LogP contribution < -0.4 is 14.8 Å². The van der Waals surface area contributed by atoms with Gasteiger partial charge in [-0.15, -0.1) is 0 Å². The van der Waals surface area contributed by atoms with Crippen LogP contribution in [-0.4, -0.2) is 31.2 Å². The van der Waals surface area contributed by atoms with E-state index in [4.69, 9.17) is 21.1 Å². The van der Waals surface area contributed by atoms with Crippen LogP contribution in [0.2, 0.25) is 5.02 Å². The molecule has 0 saturated carbocycles. The predicted octanol–water partition coefficient (Wildman–Crippen LogP) is 3.61. The molecule has 0 heterocycles. The zero-order chi connectivity index (χ0) is 19.3. The zero-order valence-electron chi connectivity index (χ0n) is 14.7. The summed E-state index contributed by atoms with van der Waals surface area (Å²) < 4.78 is 10.4. The van der Waals surface area contributed by atoms with E-state index in [9.17, 15) is 14.7 Å². The lowest BCUT2D eigenvalue weighted by atomic mass is 10.0. The van der Waals surface area contributed by atoms with E-state index in [2.05, 4.69) is 5.32 Å². The number of carbonyl (C=O) groups excluding carboxylic acids is 1. The van der Waals surface area contributed by atoms with Gasteiger partial charge in [0.15, 0.2) is 11.5 Å². The number of halogens is 1. The molecule has 0 aliphatic carbocycles. The number of nitrogens with one attached hydrogen (secondary N) is 1. The molecular formula is C19H20ClNO5. The third-order valence-electron chi connectivity index (χ3n) is 4.01. The van der Waals surface area contributed by atoms with Gasteiger partial charge >= 0.3 is 5.97 Å². The number of carboxylic acids is 1. The summed E-state index contributed by atoms with van der Waals surface area (Å²) in [6.45, 7) is 1.74. The van der Waals surface area contributed by atoms with Gasteiger partial charge in [0.1, 0.15) is 0 Å². The summed E-state index contributed by atoms with van der Waals surface area (Å²) in [7, 11) is 3.00. The lowest BCUT2D eigenvalue weighted by molar-refractivity contribution is -0.137. The first-order chi connectivity index (χ1) is 12.4. The third kappa shape index (κ3) is 4.46. The Morgan fingerprint density at radius 3 is 2.46 bits per heavy atom. The van der Waals surface area contributed by atoms with Crippen molar-refractivity contribution in [1.29, 1.82) is 0 Å². The topological polar surface area (TPSA) is 84.9 Å². The molecule has 0 radical (unpaired) electrons. The smallest absolute Gasteiger partial charge is 0.305 e. The SMILES string of the molecule is COc1ccc(C(CC(=O)O)NC(=O)c2cccc(Cl)c2C)cc1OC. The van der Waals surface area contributed by atoms with E-state index >= 15 is 0 Å². The van der Waals surface area contributed by atoms with Gasteiger partial charge in [-0.3, -0.25) is 9.59 Å². The second kappa shape index (κ2) is 8.58. The Morgan fingerprint density at radius 1 is 1.15 bits per heavy atom. The zero-order valence-corrected chi connectivity index (χ0v) is 15.5. The minimum atomic E-state index is -1.03. The summed E-state index contributed by atoms with van der Waals surface area (Å²) in [4.78, 5) is 23.9. The highest BCUT2D eigenvalue weighted by molar-refractivity contribution is 6.31. The number of carbonyl (C=O) groups is 2. The van der Waals surface area contributed by atoms with Gasteiger partial charge in [-0.05, 0) is 42.3 Å². The van der Waals surface area contributed by atoms with Crippen molar-refractivity contribution in [1.82, 2.24) is 5.32 Å². The van der Waals surface area contributed by atoms with E-state index in [1.807, 2.05) is 0 Å².